The lowest BCUT2D eigenvalue weighted by molar-refractivity contribution is 0.669. The molecule has 11 rings (SSSR count). The van der Waals surface area contributed by atoms with Crippen LogP contribution in [0.3, 0.4) is 0 Å². The number of aromatic nitrogens is 3. The highest BCUT2D eigenvalue weighted by Gasteiger charge is 2.22. The maximum atomic E-state index is 6.56. The van der Waals surface area contributed by atoms with E-state index in [1.54, 1.807) is 0 Å². The van der Waals surface area contributed by atoms with Gasteiger partial charge in [-0.1, -0.05) is 121 Å². The molecule has 0 aliphatic carbocycles. The second kappa shape index (κ2) is 10.4. The van der Waals surface area contributed by atoms with Gasteiger partial charge in [-0.15, -0.1) is 0 Å². The first-order chi connectivity index (χ1) is 24.8. The van der Waals surface area contributed by atoms with Crippen LogP contribution >= 0.6 is 0 Å². The van der Waals surface area contributed by atoms with Crippen LogP contribution in [0.15, 0.2) is 168 Å². The van der Waals surface area contributed by atoms with Crippen molar-refractivity contribution in [2.24, 2.45) is 0 Å². The number of hydrogen-bond donors (Lipinski definition) is 0. The van der Waals surface area contributed by atoms with E-state index in [2.05, 4.69) is 150 Å². The van der Waals surface area contributed by atoms with Crippen molar-refractivity contribution in [2.75, 3.05) is 0 Å². The first kappa shape index (κ1) is 27.2. The van der Waals surface area contributed by atoms with Crippen LogP contribution in [-0.4, -0.2) is 14.5 Å². The van der Waals surface area contributed by atoms with Gasteiger partial charge in [-0.3, -0.25) is 0 Å². The molecule has 0 saturated heterocycles. The second-order valence-electron chi connectivity index (χ2n) is 13.0. The van der Waals surface area contributed by atoms with Gasteiger partial charge in [-0.2, -0.15) is 0 Å². The number of nitrogens with zero attached hydrogens (tertiary/aromatic N) is 3. The van der Waals surface area contributed by atoms with E-state index in [0.29, 0.717) is 5.82 Å². The Balaban J connectivity index is 1.20. The van der Waals surface area contributed by atoms with E-state index in [1.807, 2.05) is 18.2 Å². The number of rotatable bonds is 4. The summed E-state index contributed by atoms with van der Waals surface area (Å²) < 4.78 is 8.87. The zero-order valence-electron chi connectivity index (χ0n) is 26.8. The van der Waals surface area contributed by atoms with Crippen LogP contribution in [0.25, 0.3) is 105 Å². The number of benzene rings is 8. The van der Waals surface area contributed by atoms with Gasteiger partial charge in [-0.05, 0) is 75.1 Å². The fourth-order valence-corrected chi connectivity index (χ4v) is 7.96. The van der Waals surface area contributed by atoms with Gasteiger partial charge in [-0.25, -0.2) is 9.97 Å². The first-order valence-corrected chi connectivity index (χ1v) is 16.9. The van der Waals surface area contributed by atoms with Gasteiger partial charge in [0.05, 0.1) is 16.7 Å². The minimum atomic E-state index is 0.704. The Hall–Kier alpha value is -6.78. The molecule has 0 spiro atoms. The summed E-state index contributed by atoms with van der Waals surface area (Å²) in [6.07, 6.45) is 0. The van der Waals surface area contributed by atoms with Gasteiger partial charge in [0.15, 0.2) is 5.82 Å². The van der Waals surface area contributed by atoms with E-state index in [1.165, 1.54) is 32.3 Å². The number of fused-ring (bicyclic) bond motifs is 6. The van der Waals surface area contributed by atoms with Crippen LogP contribution < -0.4 is 0 Å². The quantitative estimate of drug-likeness (QED) is 0.180. The predicted molar refractivity (Wildman–Crippen MR) is 206 cm³/mol. The van der Waals surface area contributed by atoms with Crippen molar-refractivity contribution in [1.29, 1.82) is 0 Å². The topological polar surface area (TPSA) is 43.9 Å². The molecule has 0 aliphatic rings. The molecule has 0 unspecified atom stereocenters. The number of para-hydroxylation sites is 2. The van der Waals surface area contributed by atoms with Crippen LogP contribution in [0, 0.1) is 0 Å². The molecule has 0 saturated carbocycles. The van der Waals surface area contributed by atoms with E-state index in [9.17, 15) is 0 Å². The van der Waals surface area contributed by atoms with Crippen molar-refractivity contribution in [3.05, 3.63) is 164 Å². The Labute approximate surface area is 286 Å². The molecule has 0 bridgehead atoms. The zero-order chi connectivity index (χ0) is 32.8. The van der Waals surface area contributed by atoms with E-state index in [-0.39, 0.29) is 0 Å². The maximum absolute atomic E-state index is 6.56. The van der Waals surface area contributed by atoms with Crippen molar-refractivity contribution >= 4 is 65.4 Å². The molecule has 4 heteroatoms. The average Bonchev–Trinajstić information content (AvgIpc) is 3.74. The van der Waals surface area contributed by atoms with E-state index >= 15 is 0 Å². The van der Waals surface area contributed by atoms with Crippen LogP contribution in [-0.2, 0) is 0 Å². The van der Waals surface area contributed by atoms with Crippen molar-refractivity contribution < 1.29 is 4.42 Å². The second-order valence-corrected chi connectivity index (χ2v) is 13.0. The maximum Gasteiger partial charge on any atom is 0.160 e. The minimum Gasteiger partial charge on any atom is -0.456 e. The Bertz CT molecular complexity index is 3080. The highest BCUT2D eigenvalue weighted by molar-refractivity contribution is 6.33. The fourth-order valence-electron chi connectivity index (χ4n) is 7.96. The smallest absolute Gasteiger partial charge is 0.160 e. The summed E-state index contributed by atoms with van der Waals surface area (Å²) in [6.45, 7) is 0. The zero-order valence-corrected chi connectivity index (χ0v) is 26.8. The molecule has 50 heavy (non-hydrogen) atoms. The Morgan fingerprint density at radius 2 is 1.06 bits per heavy atom. The molecule has 4 nitrogen and oxygen atoms in total. The molecular weight excluding hydrogens is 611 g/mol. The lowest BCUT2D eigenvalue weighted by Gasteiger charge is -2.13. The SMILES string of the molecule is c1ccc(-c2nc(-c3cccc(-c4cc5oc6cccc7c8ccccc8c(c4)c5c67)c3)c3c(n2)c2ccccc2n3-c2ccccc2)cc1. The molecule has 0 aliphatic heterocycles. The summed E-state index contributed by atoms with van der Waals surface area (Å²) in [5.41, 5.74) is 11.0. The van der Waals surface area contributed by atoms with Gasteiger partial charge in [0.2, 0.25) is 0 Å². The fraction of sp³-hybridized carbons (Fsp3) is 0. The van der Waals surface area contributed by atoms with E-state index in [4.69, 9.17) is 14.4 Å². The standard InChI is InChI=1S/C46H27N3O/c1-3-13-28(14-4-1)46-47-43(45-44(48-46)36-21-9-10-23-38(36)49(45)32-17-5-2-6-18-32)30-16-11-15-29(25-30)31-26-37-34-20-8-7-19-33(34)35-22-12-24-39-41(35)42(37)40(27-31)50-39/h1-27H. The van der Waals surface area contributed by atoms with Gasteiger partial charge in [0.25, 0.3) is 0 Å². The molecule has 8 aromatic carbocycles. The molecule has 232 valence electrons. The first-order valence-electron chi connectivity index (χ1n) is 16.9. The summed E-state index contributed by atoms with van der Waals surface area (Å²) in [5.74, 6) is 0.704. The lowest BCUT2D eigenvalue weighted by Crippen LogP contribution is -1.99. The highest BCUT2D eigenvalue weighted by Crippen LogP contribution is 2.45. The van der Waals surface area contributed by atoms with Gasteiger partial charge < -0.3 is 8.98 Å². The number of furan rings is 1. The third kappa shape index (κ3) is 3.87. The Morgan fingerprint density at radius 1 is 0.420 bits per heavy atom. The molecule has 0 atom stereocenters. The van der Waals surface area contributed by atoms with Crippen LogP contribution in [0.2, 0.25) is 0 Å². The predicted octanol–water partition coefficient (Wildman–Crippen LogP) is 12.2. The molecule has 0 fully saturated rings. The van der Waals surface area contributed by atoms with Crippen LogP contribution in [0.5, 0.6) is 0 Å². The molecule has 0 amide bonds. The summed E-state index contributed by atoms with van der Waals surface area (Å²) in [5, 5.41) is 8.38. The lowest BCUT2D eigenvalue weighted by atomic mass is 9.91. The highest BCUT2D eigenvalue weighted by atomic mass is 16.3. The molecule has 11 aromatic rings. The molecule has 3 heterocycles. The van der Waals surface area contributed by atoms with Crippen molar-refractivity contribution in [1.82, 2.24) is 14.5 Å². The third-order valence-corrected chi connectivity index (χ3v) is 10.1. The third-order valence-electron chi connectivity index (χ3n) is 10.1. The van der Waals surface area contributed by atoms with Crippen molar-refractivity contribution in [3.63, 3.8) is 0 Å². The van der Waals surface area contributed by atoms with Gasteiger partial charge in [0, 0.05) is 33.0 Å². The van der Waals surface area contributed by atoms with Crippen LogP contribution in [0.1, 0.15) is 0 Å². The Morgan fingerprint density at radius 3 is 1.90 bits per heavy atom. The molecule has 0 N–H and O–H groups in total. The van der Waals surface area contributed by atoms with Gasteiger partial charge in [0.1, 0.15) is 16.7 Å². The van der Waals surface area contributed by atoms with E-state index in [0.717, 1.165) is 66.7 Å². The summed E-state index contributed by atoms with van der Waals surface area (Å²) >= 11 is 0. The average molecular weight is 638 g/mol. The minimum absolute atomic E-state index is 0.704. The summed E-state index contributed by atoms with van der Waals surface area (Å²) in [7, 11) is 0. The largest absolute Gasteiger partial charge is 0.456 e. The van der Waals surface area contributed by atoms with Gasteiger partial charge >= 0.3 is 0 Å². The number of hydrogen-bond acceptors (Lipinski definition) is 3. The van der Waals surface area contributed by atoms with Crippen LogP contribution in [0.4, 0.5) is 0 Å². The molecule has 0 radical (unpaired) electrons. The van der Waals surface area contributed by atoms with Crippen molar-refractivity contribution in [3.8, 4) is 39.5 Å². The summed E-state index contributed by atoms with van der Waals surface area (Å²) in [4.78, 5) is 10.6. The van der Waals surface area contributed by atoms with Crippen molar-refractivity contribution in [2.45, 2.75) is 0 Å². The molecular formula is C46H27N3O. The Kier molecular flexibility index (Phi) is 5.63. The molecule has 3 aromatic heterocycles. The monoisotopic (exact) mass is 637 g/mol. The summed E-state index contributed by atoms with van der Waals surface area (Å²) in [6, 6.07) is 57.6. The normalized spacial score (nSPS) is 12.0. The van der Waals surface area contributed by atoms with E-state index < -0.39 is 0 Å².